The van der Waals surface area contributed by atoms with E-state index >= 15 is 0 Å². The highest BCUT2D eigenvalue weighted by Gasteiger charge is 2.27. The number of ketones is 1. The van der Waals surface area contributed by atoms with Gasteiger partial charge in [-0.2, -0.15) is 0 Å². The quantitative estimate of drug-likeness (QED) is 0.378. The summed E-state index contributed by atoms with van der Waals surface area (Å²) in [6.45, 7) is 3.77. The Morgan fingerprint density at radius 2 is 1.70 bits per heavy atom. The number of carbonyl (C=O) groups excluding carboxylic acids is 3. The van der Waals surface area contributed by atoms with Crippen molar-refractivity contribution in [3.63, 3.8) is 0 Å². The van der Waals surface area contributed by atoms with Crippen LogP contribution in [-0.2, 0) is 10.3 Å². The molecule has 0 radical (unpaired) electrons. The number of hydrogen-bond acceptors (Lipinski definition) is 5. The number of nitrogens with zero attached hydrogens (tertiary/aromatic N) is 1. The number of pyridine rings is 1. The molecule has 7 nitrogen and oxygen atoms in total. The van der Waals surface area contributed by atoms with Gasteiger partial charge in [0.1, 0.15) is 17.4 Å². The molecule has 0 spiro atoms. The van der Waals surface area contributed by atoms with Gasteiger partial charge in [0.25, 0.3) is 11.8 Å². The third kappa shape index (κ3) is 6.39. The number of amides is 2. The summed E-state index contributed by atoms with van der Waals surface area (Å²) in [5.74, 6) is -1.25. The van der Waals surface area contributed by atoms with Crippen molar-refractivity contribution >= 4 is 40.7 Å². The summed E-state index contributed by atoms with van der Waals surface area (Å²) in [6, 6.07) is 12.1. The first-order valence-corrected chi connectivity index (χ1v) is 12.4. The van der Waals surface area contributed by atoms with Crippen LogP contribution in [0.5, 0.6) is 0 Å². The number of halogens is 2. The maximum absolute atomic E-state index is 14.1. The third-order valence-electron chi connectivity index (χ3n) is 6.47. The minimum atomic E-state index is -0.643. The van der Waals surface area contributed by atoms with Crippen molar-refractivity contribution in [3.05, 3.63) is 87.8 Å². The number of carbonyl (C=O) groups is 3. The van der Waals surface area contributed by atoms with E-state index < -0.39 is 23.2 Å². The normalized spacial score (nSPS) is 14.4. The zero-order valence-corrected chi connectivity index (χ0v) is 21.4. The summed E-state index contributed by atoms with van der Waals surface area (Å²) >= 11 is 5.84. The van der Waals surface area contributed by atoms with Crippen molar-refractivity contribution in [2.24, 2.45) is 5.73 Å². The number of nitrogens with two attached hydrogens (primary N) is 1. The maximum atomic E-state index is 14.1. The first kappa shape index (κ1) is 26.4. The van der Waals surface area contributed by atoms with Crippen molar-refractivity contribution in [1.82, 2.24) is 4.98 Å². The molecule has 0 unspecified atom stereocenters. The number of rotatable bonds is 6. The van der Waals surface area contributed by atoms with Crippen molar-refractivity contribution in [3.8, 4) is 0 Å². The SMILES string of the molecule is CC(C)(N)c1ccc(C(=O)Nc2ccc(F)cc2C(=O)Nc2ccc(Cl)cn2)c(C2CCC(=O)CC2)c1. The summed E-state index contributed by atoms with van der Waals surface area (Å²) in [4.78, 5) is 42.3. The summed E-state index contributed by atoms with van der Waals surface area (Å²) < 4.78 is 14.1. The Hall–Kier alpha value is -3.62. The first-order valence-electron chi connectivity index (χ1n) is 12.0. The second-order valence-electron chi connectivity index (χ2n) is 9.80. The molecule has 2 amide bonds. The van der Waals surface area contributed by atoms with Crippen LogP contribution in [0.15, 0.2) is 54.7 Å². The van der Waals surface area contributed by atoms with Crippen LogP contribution in [0, 0.1) is 5.82 Å². The Morgan fingerprint density at radius 3 is 2.35 bits per heavy atom. The Kier molecular flexibility index (Phi) is 7.71. The fraction of sp³-hybridized carbons (Fsp3) is 0.286. The molecule has 0 bridgehead atoms. The van der Waals surface area contributed by atoms with Gasteiger partial charge in [0.05, 0.1) is 16.3 Å². The van der Waals surface area contributed by atoms with Crippen molar-refractivity contribution < 1.29 is 18.8 Å². The van der Waals surface area contributed by atoms with Gasteiger partial charge in [0.15, 0.2) is 0 Å². The molecular formula is C28H28ClFN4O3. The van der Waals surface area contributed by atoms with E-state index in [9.17, 15) is 18.8 Å². The lowest BCUT2D eigenvalue weighted by molar-refractivity contribution is -0.120. The van der Waals surface area contributed by atoms with Gasteiger partial charge < -0.3 is 16.4 Å². The van der Waals surface area contributed by atoms with E-state index in [1.54, 1.807) is 18.2 Å². The largest absolute Gasteiger partial charge is 0.322 e. The number of anilines is 2. The molecule has 37 heavy (non-hydrogen) atoms. The van der Waals surface area contributed by atoms with Crippen LogP contribution in [0.2, 0.25) is 5.02 Å². The number of benzene rings is 2. The van der Waals surface area contributed by atoms with Gasteiger partial charge in [-0.1, -0.05) is 23.7 Å². The summed E-state index contributed by atoms with van der Waals surface area (Å²) in [5.41, 5.74) is 7.88. The van der Waals surface area contributed by atoms with E-state index in [2.05, 4.69) is 15.6 Å². The van der Waals surface area contributed by atoms with Crippen LogP contribution in [0.4, 0.5) is 15.9 Å². The molecule has 1 heterocycles. The van der Waals surface area contributed by atoms with Gasteiger partial charge in [0.2, 0.25) is 0 Å². The predicted molar refractivity (Wildman–Crippen MR) is 141 cm³/mol. The van der Waals surface area contributed by atoms with Gasteiger partial charge in [-0.3, -0.25) is 14.4 Å². The Balaban J connectivity index is 1.64. The van der Waals surface area contributed by atoms with E-state index in [-0.39, 0.29) is 28.8 Å². The molecule has 1 fully saturated rings. The minimum Gasteiger partial charge on any atom is -0.322 e. The highest BCUT2D eigenvalue weighted by Crippen LogP contribution is 2.35. The van der Waals surface area contributed by atoms with Crippen molar-refractivity contribution in [1.29, 1.82) is 0 Å². The van der Waals surface area contributed by atoms with E-state index in [0.29, 0.717) is 36.3 Å². The van der Waals surface area contributed by atoms with Gasteiger partial charge in [-0.05, 0) is 80.1 Å². The molecule has 3 aromatic rings. The van der Waals surface area contributed by atoms with Crippen molar-refractivity contribution in [2.45, 2.75) is 51.0 Å². The van der Waals surface area contributed by atoms with E-state index in [1.807, 2.05) is 19.9 Å². The third-order valence-corrected chi connectivity index (χ3v) is 6.69. The van der Waals surface area contributed by atoms with Gasteiger partial charge in [-0.25, -0.2) is 9.37 Å². The van der Waals surface area contributed by atoms with Crippen LogP contribution in [0.25, 0.3) is 0 Å². The van der Waals surface area contributed by atoms with Crippen LogP contribution < -0.4 is 16.4 Å². The maximum Gasteiger partial charge on any atom is 0.259 e. The fourth-order valence-corrected chi connectivity index (χ4v) is 4.51. The number of nitrogens with one attached hydrogen (secondary N) is 2. The van der Waals surface area contributed by atoms with Crippen LogP contribution in [0.3, 0.4) is 0 Å². The minimum absolute atomic E-state index is 0.0210. The van der Waals surface area contributed by atoms with Gasteiger partial charge >= 0.3 is 0 Å². The highest BCUT2D eigenvalue weighted by molar-refractivity contribution is 6.30. The predicted octanol–water partition coefficient (Wildman–Crippen LogP) is 5.80. The monoisotopic (exact) mass is 522 g/mol. The molecule has 9 heteroatoms. The summed E-state index contributed by atoms with van der Waals surface area (Å²) in [5, 5.41) is 5.76. The zero-order valence-electron chi connectivity index (χ0n) is 20.6. The van der Waals surface area contributed by atoms with Crippen LogP contribution in [-0.4, -0.2) is 22.6 Å². The molecule has 0 aliphatic heterocycles. The number of aromatic nitrogens is 1. The topological polar surface area (TPSA) is 114 Å². The summed E-state index contributed by atoms with van der Waals surface area (Å²) in [6.07, 6.45) is 3.59. The lowest BCUT2D eigenvalue weighted by atomic mass is 9.79. The lowest BCUT2D eigenvalue weighted by Crippen LogP contribution is -2.29. The molecule has 4 N–H and O–H groups in total. The van der Waals surface area contributed by atoms with Gasteiger partial charge in [-0.15, -0.1) is 0 Å². The number of hydrogen-bond donors (Lipinski definition) is 3. The highest BCUT2D eigenvalue weighted by atomic mass is 35.5. The smallest absolute Gasteiger partial charge is 0.259 e. The second kappa shape index (κ2) is 10.8. The van der Waals surface area contributed by atoms with E-state index in [1.165, 1.54) is 24.4 Å². The molecule has 1 aliphatic rings. The molecule has 192 valence electrons. The molecule has 2 aromatic carbocycles. The Morgan fingerprint density at radius 1 is 1.00 bits per heavy atom. The zero-order chi connectivity index (χ0) is 26.7. The standard InChI is InChI=1S/C28H28ClFN4O3/c1-28(2,31)17-5-10-21(22(13-17)16-3-8-20(35)9-4-16)26(36)33-24-11-7-19(30)14-23(24)27(37)34-25-12-6-18(29)15-32-25/h5-7,10-16H,3-4,8-9,31H2,1-2H3,(H,33,36)(H,32,34,37). The van der Waals surface area contributed by atoms with E-state index in [4.69, 9.17) is 17.3 Å². The van der Waals surface area contributed by atoms with Gasteiger partial charge in [0, 0.05) is 30.1 Å². The summed E-state index contributed by atoms with van der Waals surface area (Å²) in [7, 11) is 0. The number of Topliss-reactive ketones (excluding diaryl/α,β-unsaturated/α-hetero) is 1. The van der Waals surface area contributed by atoms with Crippen LogP contribution >= 0.6 is 11.6 Å². The average Bonchev–Trinajstić information content (AvgIpc) is 2.86. The average molecular weight is 523 g/mol. The fourth-order valence-electron chi connectivity index (χ4n) is 4.40. The van der Waals surface area contributed by atoms with Crippen molar-refractivity contribution in [2.75, 3.05) is 10.6 Å². The van der Waals surface area contributed by atoms with E-state index in [0.717, 1.165) is 17.2 Å². The molecule has 1 aliphatic carbocycles. The molecule has 1 saturated carbocycles. The Labute approximate surface area is 219 Å². The lowest BCUT2D eigenvalue weighted by Gasteiger charge is -2.27. The molecule has 0 saturated heterocycles. The molecule has 4 rings (SSSR count). The van der Waals surface area contributed by atoms with Crippen LogP contribution in [0.1, 0.15) is 77.3 Å². The second-order valence-corrected chi connectivity index (χ2v) is 10.2. The Bertz CT molecular complexity index is 1340. The molecule has 0 atom stereocenters. The molecule has 1 aromatic heterocycles. The first-order chi connectivity index (χ1) is 17.5. The molecular weight excluding hydrogens is 495 g/mol.